The average molecular weight is 311 g/mol. The normalized spacial score (nSPS) is 21.3. The quantitative estimate of drug-likeness (QED) is 0.894. The molecule has 1 amide bonds. The maximum atomic E-state index is 11.8. The van der Waals surface area contributed by atoms with Crippen LogP contribution in [0, 0.1) is 19.8 Å². The predicted molar refractivity (Wildman–Crippen MR) is 90.9 cm³/mol. The summed E-state index contributed by atoms with van der Waals surface area (Å²) in [5, 5.41) is 10.9. The molecule has 3 N–H and O–H groups in total. The number of aliphatic hydroxyl groups is 1. The molecule has 2 aromatic heterocycles. The van der Waals surface area contributed by atoms with Crippen molar-refractivity contribution in [3.05, 3.63) is 46.8 Å². The molecule has 0 unspecified atom stereocenters. The third-order valence-electron chi connectivity index (χ3n) is 4.64. The van der Waals surface area contributed by atoms with E-state index in [-0.39, 0.29) is 5.92 Å². The summed E-state index contributed by atoms with van der Waals surface area (Å²) in [5.41, 5.74) is 10.6. The van der Waals surface area contributed by atoms with Crippen molar-refractivity contribution in [3.63, 3.8) is 0 Å². The zero-order chi connectivity index (χ0) is 16.9. The Kier molecular flexibility index (Phi) is 3.60. The number of primary amides is 1. The van der Waals surface area contributed by atoms with Crippen LogP contribution < -0.4 is 5.73 Å². The average Bonchev–Trinajstić information content (AvgIpc) is 2.83. The van der Waals surface area contributed by atoms with Gasteiger partial charge in [0.25, 0.3) is 5.91 Å². The van der Waals surface area contributed by atoms with E-state index in [1.165, 1.54) is 0 Å². The number of aryl methyl sites for hydroxylation is 2. The van der Waals surface area contributed by atoms with Gasteiger partial charge < -0.3 is 15.4 Å². The molecule has 2 heterocycles. The Morgan fingerprint density at radius 1 is 1.35 bits per heavy atom. The van der Waals surface area contributed by atoms with Crippen molar-refractivity contribution < 1.29 is 9.90 Å². The molecule has 2 aromatic rings. The van der Waals surface area contributed by atoms with Crippen molar-refractivity contribution in [1.82, 2.24) is 9.55 Å². The van der Waals surface area contributed by atoms with Gasteiger partial charge in [-0.2, -0.15) is 0 Å². The van der Waals surface area contributed by atoms with E-state index in [9.17, 15) is 9.90 Å². The van der Waals surface area contributed by atoms with Crippen LogP contribution in [0.25, 0.3) is 16.7 Å². The summed E-state index contributed by atoms with van der Waals surface area (Å²) >= 11 is 0. The topological polar surface area (TPSA) is 81.1 Å². The molecule has 0 radical (unpaired) electrons. The maximum absolute atomic E-state index is 11.8. The fourth-order valence-electron chi connectivity index (χ4n) is 3.14. The maximum Gasteiger partial charge on any atom is 0.250 e. The fraction of sp³-hybridized carbons (Fsp3) is 0.333. The van der Waals surface area contributed by atoms with Crippen LogP contribution in [-0.4, -0.2) is 26.7 Å². The number of aliphatic hydroxyl groups excluding tert-OH is 1. The number of nitrogens with two attached hydrogens (primary N) is 1. The highest BCUT2D eigenvalue weighted by molar-refractivity contribution is 6.06. The number of amides is 1. The van der Waals surface area contributed by atoms with Gasteiger partial charge in [0, 0.05) is 28.9 Å². The Morgan fingerprint density at radius 2 is 2.04 bits per heavy atom. The number of aromatic nitrogens is 2. The van der Waals surface area contributed by atoms with E-state index in [1.807, 2.05) is 44.4 Å². The molecule has 1 aliphatic rings. The molecule has 120 valence electrons. The molecule has 3 rings (SSSR count). The summed E-state index contributed by atoms with van der Waals surface area (Å²) in [6, 6.07) is 1.95. The minimum Gasteiger partial charge on any atom is -0.388 e. The number of carbonyl (C=O) groups excluding carboxylic acids is 1. The number of rotatable bonds is 2. The van der Waals surface area contributed by atoms with E-state index in [2.05, 4.69) is 4.98 Å². The highest BCUT2D eigenvalue weighted by Gasteiger charge is 2.26. The van der Waals surface area contributed by atoms with Crippen LogP contribution in [0.1, 0.15) is 35.5 Å². The number of fused-ring (bicyclic) bond motifs is 1. The van der Waals surface area contributed by atoms with Crippen LogP contribution in [0.4, 0.5) is 0 Å². The molecule has 0 spiro atoms. The second-order valence-corrected chi connectivity index (χ2v) is 6.25. The lowest BCUT2D eigenvalue weighted by Gasteiger charge is -2.26. The van der Waals surface area contributed by atoms with E-state index in [0.29, 0.717) is 11.2 Å². The smallest absolute Gasteiger partial charge is 0.250 e. The van der Waals surface area contributed by atoms with Crippen molar-refractivity contribution in [2.45, 2.75) is 33.8 Å². The van der Waals surface area contributed by atoms with E-state index >= 15 is 0 Å². The zero-order valence-electron chi connectivity index (χ0n) is 13.8. The number of allylic oxidation sites excluding steroid dienone is 2. The molecule has 23 heavy (non-hydrogen) atoms. The van der Waals surface area contributed by atoms with Crippen molar-refractivity contribution in [2.24, 2.45) is 11.7 Å². The van der Waals surface area contributed by atoms with Gasteiger partial charge in [0.2, 0.25) is 0 Å². The van der Waals surface area contributed by atoms with Crippen LogP contribution in [0.5, 0.6) is 0 Å². The van der Waals surface area contributed by atoms with E-state index in [0.717, 1.165) is 27.9 Å². The lowest BCUT2D eigenvalue weighted by molar-refractivity contribution is 0.100. The molecule has 0 aromatic carbocycles. The van der Waals surface area contributed by atoms with Gasteiger partial charge in [-0.1, -0.05) is 19.1 Å². The number of hydrogen-bond donors (Lipinski definition) is 2. The van der Waals surface area contributed by atoms with Crippen LogP contribution in [0.15, 0.2) is 30.0 Å². The molecule has 0 aliphatic heterocycles. The minimum absolute atomic E-state index is 0.0975. The minimum atomic E-state index is -0.560. The third-order valence-corrected chi connectivity index (χ3v) is 4.64. The lowest BCUT2D eigenvalue weighted by atomic mass is 9.91. The summed E-state index contributed by atoms with van der Waals surface area (Å²) in [6.07, 6.45) is 4.86. The first kappa shape index (κ1) is 15.5. The Morgan fingerprint density at radius 3 is 2.70 bits per heavy atom. The van der Waals surface area contributed by atoms with Gasteiger partial charge >= 0.3 is 0 Å². The number of pyridine rings is 1. The van der Waals surface area contributed by atoms with E-state index < -0.39 is 12.0 Å². The zero-order valence-corrected chi connectivity index (χ0v) is 13.8. The van der Waals surface area contributed by atoms with Crippen molar-refractivity contribution in [2.75, 3.05) is 0 Å². The first-order valence-corrected chi connectivity index (χ1v) is 7.67. The van der Waals surface area contributed by atoms with Crippen LogP contribution in [0.2, 0.25) is 0 Å². The standard InChI is InChI=1S/C18H21N3O2/c1-9-5-6-15(22)11(3)16(9)21-8-14(17(19)23)13-7-10(2)12(4)20-18(13)21/h5-8,11,15,22H,1-4H3,(H2,19,23)/t11-,15-/m1/s1. The number of nitrogens with zero attached hydrogens (tertiary/aromatic N) is 2. The SMILES string of the molecule is CC1=C(n2cc(C(N)=O)c3cc(C)c(C)nc32)[C@H](C)[C@H](O)C=C1. The van der Waals surface area contributed by atoms with Crippen molar-refractivity contribution in [1.29, 1.82) is 0 Å². The Balaban J connectivity index is 2.36. The van der Waals surface area contributed by atoms with Gasteiger partial charge in [-0.05, 0) is 38.0 Å². The van der Waals surface area contributed by atoms with Crippen LogP contribution in [0.3, 0.4) is 0 Å². The second kappa shape index (κ2) is 5.35. The first-order chi connectivity index (χ1) is 10.8. The summed E-state index contributed by atoms with van der Waals surface area (Å²) in [6.45, 7) is 7.86. The fourth-order valence-corrected chi connectivity index (χ4v) is 3.14. The molecule has 0 saturated carbocycles. The van der Waals surface area contributed by atoms with Crippen LogP contribution in [-0.2, 0) is 0 Å². The summed E-state index contributed by atoms with van der Waals surface area (Å²) in [7, 11) is 0. The molecule has 0 saturated heterocycles. The van der Waals surface area contributed by atoms with Crippen LogP contribution >= 0.6 is 0 Å². The van der Waals surface area contributed by atoms with Gasteiger partial charge in [-0.15, -0.1) is 0 Å². The lowest BCUT2D eigenvalue weighted by Crippen LogP contribution is -2.23. The Bertz CT molecular complexity index is 874. The largest absolute Gasteiger partial charge is 0.388 e. The van der Waals surface area contributed by atoms with Gasteiger partial charge in [0.05, 0.1) is 11.7 Å². The molecule has 5 nitrogen and oxygen atoms in total. The first-order valence-electron chi connectivity index (χ1n) is 7.67. The van der Waals surface area contributed by atoms with Crippen molar-refractivity contribution >= 4 is 22.6 Å². The number of carbonyl (C=O) groups is 1. The third kappa shape index (κ3) is 2.37. The molecule has 0 fully saturated rings. The summed E-state index contributed by atoms with van der Waals surface area (Å²) in [5.74, 6) is -0.573. The number of hydrogen-bond acceptors (Lipinski definition) is 3. The van der Waals surface area contributed by atoms with Crippen molar-refractivity contribution in [3.8, 4) is 0 Å². The highest BCUT2D eigenvalue weighted by Crippen LogP contribution is 2.34. The summed E-state index contributed by atoms with van der Waals surface area (Å²) in [4.78, 5) is 16.5. The van der Waals surface area contributed by atoms with E-state index in [4.69, 9.17) is 5.73 Å². The molecular formula is C18H21N3O2. The Hall–Kier alpha value is -2.40. The van der Waals surface area contributed by atoms with Gasteiger partial charge in [-0.25, -0.2) is 4.98 Å². The van der Waals surface area contributed by atoms with Gasteiger partial charge in [0.15, 0.2) is 0 Å². The van der Waals surface area contributed by atoms with Gasteiger partial charge in [0.1, 0.15) is 5.65 Å². The Labute approximate surface area is 135 Å². The van der Waals surface area contributed by atoms with Gasteiger partial charge in [-0.3, -0.25) is 4.79 Å². The summed E-state index contributed by atoms with van der Waals surface area (Å²) < 4.78 is 1.90. The molecule has 5 heteroatoms. The molecular weight excluding hydrogens is 290 g/mol. The monoisotopic (exact) mass is 311 g/mol. The molecule has 1 aliphatic carbocycles. The molecule has 2 atom stereocenters. The molecule has 0 bridgehead atoms. The highest BCUT2D eigenvalue weighted by atomic mass is 16.3. The predicted octanol–water partition coefficient (Wildman–Crippen LogP) is 2.55. The van der Waals surface area contributed by atoms with E-state index in [1.54, 1.807) is 12.3 Å². The second-order valence-electron chi connectivity index (χ2n) is 6.25.